The molecule has 0 saturated heterocycles. The van der Waals surface area contributed by atoms with E-state index in [1.165, 1.54) is 42.2 Å². The summed E-state index contributed by atoms with van der Waals surface area (Å²) in [5, 5.41) is 9.85. The number of halogens is 3. The van der Waals surface area contributed by atoms with Crippen molar-refractivity contribution >= 4 is 39.2 Å². The molecule has 1 amide bonds. The molecule has 3 rings (SSSR count). The number of alkyl halides is 2. The fourth-order valence-corrected chi connectivity index (χ4v) is 3.62. The van der Waals surface area contributed by atoms with Gasteiger partial charge >= 0.3 is 6.09 Å². The maximum atomic E-state index is 13.5. The third-order valence-corrected chi connectivity index (χ3v) is 5.13. The Labute approximate surface area is 192 Å². The minimum absolute atomic E-state index is 0.0148. The summed E-state index contributed by atoms with van der Waals surface area (Å²) in [6, 6.07) is 5.58. The van der Waals surface area contributed by atoms with Gasteiger partial charge in [0.1, 0.15) is 5.15 Å². The molecule has 3 aromatic rings. The number of carbonyl (C=O) groups is 1. The lowest BCUT2D eigenvalue weighted by atomic mass is 10.2. The van der Waals surface area contributed by atoms with Crippen molar-refractivity contribution in [1.29, 1.82) is 0 Å². The van der Waals surface area contributed by atoms with Crippen molar-refractivity contribution in [1.82, 2.24) is 25.0 Å². The zero-order valence-corrected chi connectivity index (χ0v) is 19.0. The molecule has 1 unspecified atom stereocenters. The summed E-state index contributed by atoms with van der Waals surface area (Å²) < 4.78 is 58.4. The fraction of sp³-hybridized carbons (Fsp3) is 0.278. The van der Waals surface area contributed by atoms with Crippen molar-refractivity contribution in [3.8, 4) is 11.4 Å². The number of amides is 1. The predicted octanol–water partition coefficient (Wildman–Crippen LogP) is 3.16. The Morgan fingerprint density at radius 1 is 1.27 bits per heavy atom. The van der Waals surface area contributed by atoms with Crippen LogP contribution in [0.5, 0.6) is 0 Å². The number of carbonyl (C=O) groups excluding carboxylic acids is 1. The molecular weight excluding hydrogens is 484 g/mol. The van der Waals surface area contributed by atoms with Crippen LogP contribution in [0.4, 0.5) is 25.1 Å². The number of nitrogens with zero attached hydrogens (tertiary/aromatic N) is 5. The van der Waals surface area contributed by atoms with Gasteiger partial charge in [0.05, 0.1) is 23.3 Å². The van der Waals surface area contributed by atoms with E-state index in [4.69, 9.17) is 16.3 Å². The van der Waals surface area contributed by atoms with Crippen LogP contribution in [-0.4, -0.2) is 52.2 Å². The summed E-state index contributed by atoms with van der Waals surface area (Å²) in [6.45, 7) is 1.57. The lowest BCUT2D eigenvalue weighted by Crippen LogP contribution is -2.23. The van der Waals surface area contributed by atoms with Crippen LogP contribution in [0.15, 0.2) is 30.5 Å². The van der Waals surface area contributed by atoms with Crippen LogP contribution >= 0.6 is 11.6 Å². The average molecular weight is 502 g/mol. The summed E-state index contributed by atoms with van der Waals surface area (Å²) in [6.07, 6.45) is -3.92. The molecule has 0 aliphatic heterocycles. The first-order chi connectivity index (χ1) is 15.5. The van der Waals surface area contributed by atoms with E-state index in [9.17, 15) is 22.0 Å². The van der Waals surface area contributed by atoms with Gasteiger partial charge in [0.25, 0.3) is 6.43 Å². The normalized spacial score (nSPS) is 12.5. The van der Waals surface area contributed by atoms with Gasteiger partial charge in [0, 0.05) is 18.8 Å². The molecule has 15 heteroatoms. The first kappa shape index (κ1) is 24.3. The molecule has 0 aliphatic rings. The highest BCUT2D eigenvalue weighted by Crippen LogP contribution is 2.31. The van der Waals surface area contributed by atoms with Crippen LogP contribution < -0.4 is 10.0 Å². The smallest absolute Gasteiger partial charge is 0.413 e. The van der Waals surface area contributed by atoms with Gasteiger partial charge in [0.15, 0.2) is 17.6 Å². The van der Waals surface area contributed by atoms with Gasteiger partial charge in [-0.15, -0.1) is 5.10 Å². The Hall–Kier alpha value is -3.39. The van der Waals surface area contributed by atoms with Gasteiger partial charge in [-0.1, -0.05) is 22.9 Å². The highest BCUT2D eigenvalue weighted by molar-refractivity contribution is 7.92. The van der Waals surface area contributed by atoms with Crippen molar-refractivity contribution in [2.24, 2.45) is 7.05 Å². The van der Waals surface area contributed by atoms with Crippen LogP contribution in [0.2, 0.25) is 5.15 Å². The molecule has 3 aromatic heterocycles. The molecule has 2 N–H and O–H groups in total. The second-order valence-electron chi connectivity index (χ2n) is 6.78. The molecule has 0 spiro atoms. The zero-order chi connectivity index (χ0) is 24.3. The molecule has 0 saturated carbocycles. The fourth-order valence-electron chi connectivity index (χ4n) is 2.77. The molecule has 1 atom stereocenters. The molecule has 11 nitrogen and oxygen atoms in total. The maximum Gasteiger partial charge on any atom is 0.413 e. The summed E-state index contributed by atoms with van der Waals surface area (Å²) >= 11 is 5.86. The van der Waals surface area contributed by atoms with Gasteiger partial charge in [-0.05, 0) is 25.1 Å². The number of rotatable bonds is 7. The Morgan fingerprint density at radius 3 is 2.61 bits per heavy atom. The van der Waals surface area contributed by atoms with Crippen molar-refractivity contribution in [2.45, 2.75) is 19.5 Å². The first-order valence-electron chi connectivity index (χ1n) is 9.18. The highest BCUT2D eigenvalue weighted by atomic mass is 35.5. The number of ether oxygens (including phenoxy) is 1. The van der Waals surface area contributed by atoms with Gasteiger partial charge in [-0.2, -0.15) is 0 Å². The first-order valence-corrected chi connectivity index (χ1v) is 11.4. The van der Waals surface area contributed by atoms with E-state index in [1.807, 2.05) is 0 Å². The molecule has 33 heavy (non-hydrogen) atoms. The molecular formula is C18H18ClF2N7O4S. The van der Waals surface area contributed by atoms with Crippen molar-refractivity contribution in [3.63, 3.8) is 0 Å². The van der Waals surface area contributed by atoms with Crippen molar-refractivity contribution in [2.75, 3.05) is 16.3 Å². The molecule has 3 heterocycles. The minimum atomic E-state index is -3.51. The molecule has 0 bridgehead atoms. The third kappa shape index (κ3) is 5.90. The summed E-state index contributed by atoms with van der Waals surface area (Å²) in [5.74, 6) is 0.0148. The van der Waals surface area contributed by atoms with Gasteiger partial charge in [0.2, 0.25) is 10.0 Å². The summed E-state index contributed by atoms with van der Waals surface area (Å²) in [5.41, 5.74) is 0.791. The van der Waals surface area contributed by atoms with Crippen LogP contribution in [0.25, 0.3) is 11.4 Å². The van der Waals surface area contributed by atoms with E-state index in [0.29, 0.717) is 5.69 Å². The van der Waals surface area contributed by atoms with E-state index in [0.717, 1.165) is 6.26 Å². The van der Waals surface area contributed by atoms with Crippen LogP contribution in [0, 0.1) is 6.92 Å². The van der Waals surface area contributed by atoms with E-state index in [2.05, 4.69) is 30.3 Å². The van der Waals surface area contributed by atoms with Gasteiger partial charge in [-0.3, -0.25) is 10.0 Å². The zero-order valence-electron chi connectivity index (χ0n) is 17.5. The number of aryl methyl sites for hydroxylation is 2. The molecule has 0 radical (unpaired) electrons. The van der Waals surface area contributed by atoms with Crippen LogP contribution in [-0.2, 0) is 21.8 Å². The molecule has 0 aliphatic carbocycles. The summed E-state index contributed by atoms with van der Waals surface area (Å²) in [7, 11) is -2.05. The van der Waals surface area contributed by atoms with E-state index < -0.39 is 28.6 Å². The van der Waals surface area contributed by atoms with Crippen LogP contribution in [0.1, 0.15) is 17.4 Å². The molecule has 0 fully saturated rings. The second kappa shape index (κ2) is 9.62. The number of aromatic nitrogens is 5. The maximum absolute atomic E-state index is 13.5. The Balaban J connectivity index is 1.85. The quantitative estimate of drug-likeness (QED) is 0.470. The number of anilines is 2. The average Bonchev–Trinajstić information content (AvgIpc) is 3.07. The topological polar surface area (TPSA) is 141 Å². The van der Waals surface area contributed by atoms with Gasteiger partial charge in [-0.25, -0.2) is 36.6 Å². The summed E-state index contributed by atoms with van der Waals surface area (Å²) in [4.78, 5) is 20.4. The Morgan fingerprint density at radius 2 is 2.00 bits per heavy atom. The molecule has 0 aromatic carbocycles. The van der Waals surface area contributed by atoms with Crippen molar-refractivity contribution < 1.29 is 26.7 Å². The van der Waals surface area contributed by atoms with E-state index in [1.54, 1.807) is 6.92 Å². The van der Waals surface area contributed by atoms with Crippen molar-refractivity contribution in [3.05, 3.63) is 46.9 Å². The monoisotopic (exact) mass is 501 g/mol. The lowest BCUT2D eigenvalue weighted by Gasteiger charge is -2.18. The van der Waals surface area contributed by atoms with Gasteiger partial charge < -0.3 is 4.74 Å². The lowest BCUT2D eigenvalue weighted by molar-refractivity contribution is -0.0144. The second-order valence-corrected chi connectivity index (χ2v) is 8.89. The number of pyridine rings is 2. The minimum Gasteiger partial charge on any atom is -0.435 e. The Bertz CT molecular complexity index is 1290. The van der Waals surface area contributed by atoms with Crippen LogP contribution in [0.3, 0.4) is 0 Å². The van der Waals surface area contributed by atoms with E-state index in [-0.39, 0.29) is 33.6 Å². The largest absolute Gasteiger partial charge is 0.435 e. The number of hydrogen-bond acceptors (Lipinski definition) is 8. The number of nitrogens with one attached hydrogen (secondary N) is 2. The number of hydrogen-bond donors (Lipinski definition) is 2. The standard InChI is InChI=1S/C18H18ClF2N7O4S/c1-9-11(26-33(3,30)31)6-7-12(23-9)13-17(28(2)27-25-13)24-18(29)32-14(16(20)21)10-5-4-8-22-15(10)19/h4-8,14,16,26H,1-3H3,(H,24,29). The SMILES string of the molecule is Cc1nc(-c2nnn(C)c2NC(=O)OC(c2cccnc2Cl)C(F)F)ccc1NS(C)(=O)=O. The Kier molecular flexibility index (Phi) is 7.07. The number of sulfonamides is 1. The third-order valence-electron chi connectivity index (χ3n) is 4.23. The van der Waals surface area contributed by atoms with E-state index >= 15 is 0 Å². The highest BCUT2D eigenvalue weighted by Gasteiger charge is 2.30. The molecule has 176 valence electrons. The predicted molar refractivity (Wildman–Crippen MR) is 116 cm³/mol.